The van der Waals surface area contributed by atoms with Gasteiger partial charge in [0.1, 0.15) is 5.01 Å². The summed E-state index contributed by atoms with van der Waals surface area (Å²) in [5.41, 5.74) is 7.58. The van der Waals surface area contributed by atoms with Crippen LogP contribution in [0.5, 0.6) is 0 Å². The fourth-order valence-corrected chi connectivity index (χ4v) is 4.37. The lowest BCUT2D eigenvalue weighted by Gasteiger charge is -2.42. The van der Waals surface area contributed by atoms with Crippen molar-refractivity contribution in [2.24, 2.45) is 11.1 Å². The molecule has 21 heavy (non-hydrogen) atoms. The quantitative estimate of drug-likeness (QED) is 0.920. The average molecular weight is 344 g/mol. The molecule has 0 aromatic carbocycles. The summed E-state index contributed by atoms with van der Waals surface area (Å²) >= 11 is 3.50. The third kappa shape index (κ3) is 3.85. The molecule has 0 bridgehead atoms. The summed E-state index contributed by atoms with van der Waals surface area (Å²) in [6.07, 6.45) is 1.08. The Bertz CT molecular complexity index is 565. The van der Waals surface area contributed by atoms with Crippen molar-refractivity contribution < 1.29 is 0 Å². The molecule has 0 amide bonds. The molecule has 3 rings (SSSR count). The summed E-state index contributed by atoms with van der Waals surface area (Å²) in [6.45, 7) is 7.61. The molecule has 2 aromatic heterocycles. The fourth-order valence-electron chi connectivity index (χ4n) is 2.74. The molecular formula is C15H22ClN3S2. The van der Waals surface area contributed by atoms with E-state index in [-0.39, 0.29) is 17.8 Å². The SMILES string of the molecule is CC1(C)CN(Cc2csc(-c3cccs3)n2)CCC1N.Cl. The summed E-state index contributed by atoms with van der Waals surface area (Å²) in [6, 6.07) is 4.53. The Morgan fingerprint density at radius 3 is 2.90 bits per heavy atom. The molecule has 1 fully saturated rings. The highest BCUT2D eigenvalue weighted by molar-refractivity contribution is 7.20. The zero-order valence-electron chi connectivity index (χ0n) is 12.4. The Kier molecular flexibility index (Phi) is 5.43. The van der Waals surface area contributed by atoms with Gasteiger partial charge in [0.15, 0.2) is 0 Å². The summed E-state index contributed by atoms with van der Waals surface area (Å²) in [4.78, 5) is 8.52. The molecular weight excluding hydrogens is 322 g/mol. The number of hydrogen-bond donors (Lipinski definition) is 1. The number of aromatic nitrogens is 1. The van der Waals surface area contributed by atoms with Crippen molar-refractivity contribution in [1.29, 1.82) is 0 Å². The van der Waals surface area contributed by atoms with E-state index >= 15 is 0 Å². The zero-order chi connectivity index (χ0) is 14.2. The molecule has 2 aromatic rings. The van der Waals surface area contributed by atoms with Crippen LogP contribution in [-0.4, -0.2) is 29.0 Å². The maximum Gasteiger partial charge on any atom is 0.133 e. The first kappa shape index (κ1) is 16.9. The van der Waals surface area contributed by atoms with E-state index in [1.165, 1.54) is 10.6 Å². The number of nitrogens with zero attached hydrogens (tertiary/aromatic N) is 2. The van der Waals surface area contributed by atoms with E-state index in [1.807, 2.05) is 0 Å². The first-order valence-corrected chi connectivity index (χ1v) is 8.77. The summed E-state index contributed by atoms with van der Waals surface area (Å²) in [5.74, 6) is 0. The molecule has 1 saturated heterocycles. The number of piperidine rings is 1. The van der Waals surface area contributed by atoms with Crippen molar-refractivity contribution in [3.63, 3.8) is 0 Å². The molecule has 3 nitrogen and oxygen atoms in total. The first-order chi connectivity index (χ1) is 9.54. The first-order valence-electron chi connectivity index (χ1n) is 7.01. The van der Waals surface area contributed by atoms with Gasteiger partial charge in [-0.1, -0.05) is 19.9 Å². The second-order valence-corrected chi connectivity index (χ2v) is 8.02. The second-order valence-electron chi connectivity index (χ2n) is 6.22. The fraction of sp³-hybridized carbons (Fsp3) is 0.533. The predicted octanol–water partition coefficient (Wildman–Crippen LogP) is 3.85. The van der Waals surface area contributed by atoms with E-state index in [9.17, 15) is 0 Å². The summed E-state index contributed by atoms with van der Waals surface area (Å²) in [7, 11) is 0. The van der Waals surface area contributed by atoms with E-state index < -0.39 is 0 Å². The highest BCUT2D eigenvalue weighted by Crippen LogP contribution is 2.31. The number of likely N-dealkylation sites (tertiary alicyclic amines) is 1. The van der Waals surface area contributed by atoms with E-state index in [2.05, 4.69) is 41.6 Å². The molecule has 1 aliphatic rings. The van der Waals surface area contributed by atoms with Gasteiger partial charge in [-0.3, -0.25) is 4.90 Å². The minimum Gasteiger partial charge on any atom is -0.327 e. The maximum atomic E-state index is 6.20. The lowest BCUT2D eigenvalue weighted by Crippen LogP contribution is -2.52. The van der Waals surface area contributed by atoms with Crippen molar-refractivity contribution in [1.82, 2.24) is 9.88 Å². The lowest BCUT2D eigenvalue weighted by molar-refractivity contribution is 0.0891. The number of nitrogens with two attached hydrogens (primary N) is 1. The van der Waals surface area contributed by atoms with E-state index in [1.54, 1.807) is 22.7 Å². The van der Waals surface area contributed by atoms with E-state index in [0.29, 0.717) is 6.04 Å². The van der Waals surface area contributed by atoms with Gasteiger partial charge in [0.2, 0.25) is 0 Å². The van der Waals surface area contributed by atoms with Gasteiger partial charge in [-0.05, 0) is 23.3 Å². The van der Waals surface area contributed by atoms with Crippen LogP contribution in [0.15, 0.2) is 22.9 Å². The topological polar surface area (TPSA) is 42.2 Å². The minimum atomic E-state index is 0. The number of thiophene rings is 1. The third-order valence-electron chi connectivity index (χ3n) is 4.06. The van der Waals surface area contributed by atoms with Gasteiger partial charge in [-0.25, -0.2) is 4.98 Å². The van der Waals surface area contributed by atoms with Gasteiger partial charge in [-0.15, -0.1) is 35.1 Å². The number of rotatable bonds is 3. The van der Waals surface area contributed by atoms with Gasteiger partial charge < -0.3 is 5.73 Å². The Labute approximate surface area is 140 Å². The van der Waals surface area contributed by atoms with E-state index in [4.69, 9.17) is 10.7 Å². The third-order valence-corrected chi connectivity index (χ3v) is 5.99. The standard InChI is InChI=1S/C15H21N3S2.ClH/c1-15(2)10-18(6-5-13(15)16)8-11-9-20-14(17-11)12-4-3-7-19-12;/h3-4,7,9,13H,5-6,8,10,16H2,1-2H3;1H. The van der Waals surface area contributed by atoms with Crippen LogP contribution in [0, 0.1) is 5.41 Å². The van der Waals surface area contributed by atoms with Gasteiger partial charge in [0, 0.05) is 31.1 Å². The zero-order valence-corrected chi connectivity index (χ0v) is 14.9. The maximum absolute atomic E-state index is 6.20. The Morgan fingerprint density at radius 2 is 2.24 bits per heavy atom. The van der Waals surface area contributed by atoms with Crippen molar-refractivity contribution in [3.8, 4) is 9.88 Å². The molecule has 6 heteroatoms. The summed E-state index contributed by atoms with van der Waals surface area (Å²) < 4.78 is 0. The van der Waals surface area contributed by atoms with Crippen LogP contribution in [0.3, 0.4) is 0 Å². The summed E-state index contributed by atoms with van der Waals surface area (Å²) in [5, 5.41) is 5.43. The van der Waals surface area contributed by atoms with Crippen molar-refractivity contribution in [2.45, 2.75) is 32.9 Å². The highest BCUT2D eigenvalue weighted by atomic mass is 35.5. The molecule has 2 N–H and O–H groups in total. The van der Waals surface area contributed by atoms with Gasteiger partial charge in [-0.2, -0.15) is 0 Å². The monoisotopic (exact) mass is 343 g/mol. The van der Waals surface area contributed by atoms with Crippen molar-refractivity contribution in [3.05, 3.63) is 28.6 Å². The van der Waals surface area contributed by atoms with Gasteiger partial charge in [0.25, 0.3) is 0 Å². The van der Waals surface area contributed by atoms with Crippen LogP contribution < -0.4 is 5.73 Å². The lowest BCUT2D eigenvalue weighted by atomic mass is 9.80. The molecule has 3 heterocycles. The molecule has 0 radical (unpaired) electrons. The number of hydrogen-bond acceptors (Lipinski definition) is 5. The van der Waals surface area contributed by atoms with Crippen LogP contribution in [-0.2, 0) is 6.54 Å². The number of halogens is 1. The normalized spacial score (nSPS) is 22.0. The van der Waals surface area contributed by atoms with Crippen LogP contribution in [0.1, 0.15) is 26.0 Å². The predicted molar refractivity (Wildman–Crippen MR) is 94.3 cm³/mol. The second kappa shape index (κ2) is 6.75. The highest BCUT2D eigenvalue weighted by Gasteiger charge is 2.33. The van der Waals surface area contributed by atoms with Crippen LogP contribution in [0.25, 0.3) is 9.88 Å². The van der Waals surface area contributed by atoms with Crippen LogP contribution >= 0.6 is 35.1 Å². The molecule has 0 aliphatic carbocycles. The average Bonchev–Trinajstić information content (AvgIpc) is 3.03. The van der Waals surface area contributed by atoms with E-state index in [0.717, 1.165) is 31.1 Å². The molecule has 0 saturated carbocycles. The largest absolute Gasteiger partial charge is 0.327 e. The minimum absolute atomic E-state index is 0. The van der Waals surface area contributed by atoms with Crippen molar-refractivity contribution in [2.75, 3.05) is 13.1 Å². The molecule has 0 spiro atoms. The molecule has 116 valence electrons. The molecule has 1 aliphatic heterocycles. The van der Waals surface area contributed by atoms with Gasteiger partial charge in [0.05, 0.1) is 10.6 Å². The smallest absolute Gasteiger partial charge is 0.133 e. The Balaban J connectivity index is 0.00000161. The molecule has 1 atom stereocenters. The van der Waals surface area contributed by atoms with Crippen LogP contribution in [0.2, 0.25) is 0 Å². The van der Waals surface area contributed by atoms with Crippen molar-refractivity contribution >= 4 is 35.1 Å². The van der Waals surface area contributed by atoms with Crippen LogP contribution in [0.4, 0.5) is 0 Å². The van der Waals surface area contributed by atoms with Gasteiger partial charge >= 0.3 is 0 Å². The number of thiazole rings is 1. The molecule has 1 unspecified atom stereocenters. The Hall–Kier alpha value is -0.460. The Morgan fingerprint density at radius 1 is 1.43 bits per heavy atom.